The number of carbonyl (C=O) groups is 2. The van der Waals surface area contributed by atoms with Gasteiger partial charge in [-0.25, -0.2) is 9.59 Å². The van der Waals surface area contributed by atoms with Crippen LogP contribution in [-0.4, -0.2) is 46.2 Å². The van der Waals surface area contributed by atoms with Crippen LogP contribution in [0.1, 0.15) is 12.5 Å². The van der Waals surface area contributed by atoms with Gasteiger partial charge in [0.1, 0.15) is 12.1 Å². The lowest BCUT2D eigenvalue weighted by Gasteiger charge is -2.30. The quantitative estimate of drug-likeness (QED) is 0.903. The van der Waals surface area contributed by atoms with E-state index in [0.717, 1.165) is 0 Å². The summed E-state index contributed by atoms with van der Waals surface area (Å²) in [6, 6.07) is 7.52. The van der Waals surface area contributed by atoms with Crippen LogP contribution >= 0.6 is 11.8 Å². The molecular weight excluding hydrogens is 290 g/mol. The van der Waals surface area contributed by atoms with Crippen LogP contribution in [0.15, 0.2) is 24.3 Å². The molecule has 1 aromatic rings. The van der Waals surface area contributed by atoms with E-state index in [1.807, 2.05) is 6.07 Å². The van der Waals surface area contributed by atoms with Crippen LogP contribution in [0.2, 0.25) is 0 Å². The van der Waals surface area contributed by atoms with Gasteiger partial charge >= 0.3 is 12.0 Å². The summed E-state index contributed by atoms with van der Waals surface area (Å²) in [5, 5.41) is 18.1. The molecule has 110 valence electrons. The van der Waals surface area contributed by atoms with Crippen LogP contribution in [0.25, 0.3) is 0 Å². The van der Waals surface area contributed by atoms with Crippen molar-refractivity contribution in [2.45, 2.75) is 18.3 Å². The predicted molar refractivity (Wildman–Crippen MR) is 80.1 cm³/mol. The summed E-state index contributed by atoms with van der Waals surface area (Å²) in [4.78, 5) is 26.5. The van der Waals surface area contributed by atoms with Crippen molar-refractivity contribution >= 4 is 29.4 Å². The second-order valence-electron chi connectivity index (χ2n) is 4.66. The number of rotatable bonds is 2. The number of carboxylic acids is 1. The van der Waals surface area contributed by atoms with Crippen LogP contribution in [0.4, 0.5) is 10.5 Å². The molecule has 1 aromatic carbocycles. The van der Waals surface area contributed by atoms with Gasteiger partial charge in [0.15, 0.2) is 0 Å². The maximum absolute atomic E-state index is 12.6. The molecule has 2 rings (SSSR count). The Morgan fingerprint density at radius 3 is 2.76 bits per heavy atom. The van der Waals surface area contributed by atoms with E-state index in [0.29, 0.717) is 17.0 Å². The van der Waals surface area contributed by atoms with Gasteiger partial charge in [0.2, 0.25) is 0 Å². The fourth-order valence-electron chi connectivity index (χ4n) is 2.26. The Kier molecular flexibility index (Phi) is 4.38. The number of thioether (sulfide) groups is 1. The molecule has 1 heterocycles. The second kappa shape index (κ2) is 6.06. The smallest absolute Gasteiger partial charge is 0.327 e. The third-order valence-electron chi connectivity index (χ3n) is 3.40. The molecule has 7 heteroatoms. The number of hydrogen-bond acceptors (Lipinski definition) is 4. The van der Waals surface area contributed by atoms with Gasteiger partial charge in [0, 0.05) is 12.8 Å². The van der Waals surface area contributed by atoms with Gasteiger partial charge < -0.3 is 5.11 Å². The van der Waals surface area contributed by atoms with Gasteiger partial charge in [-0.2, -0.15) is 5.26 Å². The van der Waals surface area contributed by atoms with Crippen LogP contribution < -0.4 is 4.90 Å². The highest BCUT2D eigenvalue weighted by Gasteiger charge is 2.41. The second-order valence-corrected chi connectivity index (χ2v) is 6.01. The van der Waals surface area contributed by atoms with Crippen LogP contribution in [0, 0.1) is 11.3 Å². The van der Waals surface area contributed by atoms with Crippen LogP contribution in [-0.2, 0) is 4.79 Å². The number of hydrogen-bond donors (Lipinski definition) is 1. The average molecular weight is 305 g/mol. The molecule has 0 radical (unpaired) electrons. The van der Waals surface area contributed by atoms with Crippen LogP contribution in [0.3, 0.4) is 0 Å². The molecule has 0 saturated carbocycles. The summed E-state index contributed by atoms with van der Waals surface area (Å²) in [6.07, 6.45) is 0. The Labute approximate surface area is 126 Å². The maximum Gasteiger partial charge on any atom is 0.327 e. The topological polar surface area (TPSA) is 84.6 Å². The first-order valence-corrected chi connectivity index (χ1v) is 7.41. The number of nitrogens with zero attached hydrogens (tertiary/aromatic N) is 3. The minimum Gasteiger partial charge on any atom is -0.480 e. The van der Waals surface area contributed by atoms with E-state index in [9.17, 15) is 14.7 Å². The number of nitriles is 1. The first kappa shape index (κ1) is 15.2. The van der Waals surface area contributed by atoms with E-state index in [1.165, 1.54) is 21.6 Å². The Hall–Kier alpha value is -2.20. The number of carboxylic acid groups (broad SMARTS) is 1. The third kappa shape index (κ3) is 2.81. The summed E-state index contributed by atoms with van der Waals surface area (Å²) in [7, 11) is 1.55. The Morgan fingerprint density at radius 1 is 1.48 bits per heavy atom. The van der Waals surface area contributed by atoms with Crippen molar-refractivity contribution in [3.05, 3.63) is 29.8 Å². The summed E-state index contributed by atoms with van der Waals surface area (Å²) < 4.78 is 0. The van der Waals surface area contributed by atoms with Crippen molar-refractivity contribution in [1.29, 1.82) is 5.26 Å². The number of anilines is 1. The molecule has 6 nitrogen and oxygen atoms in total. The summed E-state index contributed by atoms with van der Waals surface area (Å²) in [5.41, 5.74) is 0.845. The molecule has 2 unspecified atom stereocenters. The Morgan fingerprint density at radius 2 is 2.14 bits per heavy atom. The lowest BCUT2D eigenvalue weighted by molar-refractivity contribution is -0.141. The molecule has 2 amide bonds. The van der Waals surface area contributed by atoms with Gasteiger partial charge in [0.25, 0.3) is 0 Å². The van der Waals surface area contributed by atoms with Crippen molar-refractivity contribution in [3.63, 3.8) is 0 Å². The maximum atomic E-state index is 12.6. The molecule has 0 spiro atoms. The fourth-order valence-corrected chi connectivity index (χ4v) is 3.42. The first-order chi connectivity index (χ1) is 9.97. The summed E-state index contributed by atoms with van der Waals surface area (Å²) in [6.45, 7) is 1.80. The normalized spacial score (nSPS) is 20.9. The number of carbonyl (C=O) groups excluding carboxylic acids is 1. The zero-order valence-electron chi connectivity index (χ0n) is 11.7. The number of para-hydroxylation sites is 1. The van der Waals surface area contributed by atoms with Gasteiger partial charge in [-0.05, 0) is 19.1 Å². The molecule has 21 heavy (non-hydrogen) atoms. The molecule has 1 N–H and O–H groups in total. The number of urea groups is 1. The first-order valence-electron chi connectivity index (χ1n) is 6.37. The lowest BCUT2D eigenvalue weighted by atomic mass is 10.2. The highest BCUT2D eigenvalue weighted by atomic mass is 32.2. The van der Waals surface area contributed by atoms with Crippen molar-refractivity contribution < 1.29 is 14.7 Å². The minimum atomic E-state index is -1.01. The number of benzene rings is 1. The SMILES string of the molecule is CC1SCC(C(=O)O)N1C(=O)N(C)c1ccccc1C#N. The lowest BCUT2D eigenvalue weighted by Crippen LogP contribution is -2.50. The van der Waals surface area contributed by atoms with Crippen molar-refractivity contribution in [2.24, 2.45) is 0 Å². The Balaban J connectivity index is 2.30. The van der Waals surface area contributed by atoms with E-state index in [-0.39, 0.29) is 5.37 Å². The van der Waals surface area contributed by atoms with Crippen LogP contribution in [0.5, 0.6) is 0 Å². The van der Waals surface area contributed by atoms with Crippen molar-refractivity contribution in [1.82, 2.24) is 4.90 Å². The third-order valence-corrected chi connectivity index (χ3v) is 4.62. The standard InChI is InChI=1S/C14H15N3O3S/c1-9-17(12(8-21-9)13(18)19)14(20)16(2)11-6-4-3-5-10(11)7-15/h3-6,9,12H,8H2,1-2H3,(H,18,19). The molecule has 0 aliphatic carbocycles. The van der Waals surface area contributed by atoms with Gasteiger partial charge in [-0.1, -0.05) is 12.1 Å². The highest BCUT2D eigenvalue weighted by Crippen LogP contribution is 2.31. The van der Waals surface area contributed by atoms with E-state index >= 15 is 0 Å². The summed E-state index contributed by atoms with van der Waals surface area (Å²) in [5.74, 6) is -0.641. The van der Waals surface area contributed by atoms with E-state index in [4.69, 9.17) is 5.26 Å². The fraction of sp³-hybridized carbons (Fsp3) is 0.357. The molecule has 1 aliphatic heterocycles. The summed E-state index contributed by atoms with van der Waals surface area (Å²) >= 11 is 1.43. The molecule has 0 aromatic heterocycles. The van der Waals surface area contributed by atoms with E-state index in [2.05, 4.69) is 0 Å². The number of amides is 2. The van der Waals surface area contributed by atoms with E-state index in [1.54, 1.807) is 38.2 Å². The highest BCUT2D eigenvalue weighted by molar-refractivity contribution is 8.00. The molecule has 1 fully saturated rings. The molecular formula is C14H15N3O3S. The molecule has 1 aliphatic rings. The zero-order valence-corrected chi connectivity index (χ0v) is 12.5. The van der Waals surface area contributed by atoms with E-state index < -0.39 is 18.0 Å². The monoisotopic (exact) mass is 305 g/mol. The van der Waals surface area contributed by atoms with Crippen molar-refractivity contribution in [3.8, 4) is 6.07 Å². The molecule has 0 bridgehead atoms. The van der Waals surface area contributed by atoms with Gasteiger partial charge in [-0.15, -0.1) is 11.8 Å². The zero-order chi connectivity index (χ0) is 15.6. The molecule has 1 saturated heterocycles. The predicted octanol–water partition coefficient (Wildman–Crippen LogP) is 1.96. The molecule has 2 atom stereocenters. The van der Waals surface area contributed by atoms with Gasteiger partial charge in [0.05, 0.1) is 16.6 Å². The minimum absolute atomic E-state index is 0.213. The number of aliphatic carboxylic acids is 1. The largest absolute Gasteiger partial charge is 0.480 e. The van der Waals surface area contributed by atoms with Crippen molar-refractivity contribution in [2.75, 3.05) is 17.7 Å². The van der Waals surface area contributed by atoms with Gasteiger partial charge in [-0.3, -0.25) is 9.80 Å². The Bertz CT molecular complexity index is 614. The average Bonchev–Trinajstić information content (AvgIpc) is 2.87.